The molecule has 5 nitrogen and oxygen atoms in total. The molecule has 0 radical (unpaired) electrons. The molecule has 0 bridgehead atoms. The van der Waals surface area contributed by atoms with E-state index in [-0.39, 0.29) is 17.8 Å². The van der Waals surface area contributed by atoms with Crippen molar-refractivity contribution in [3.63, 3.8) is 0 Å². The van der Waals surface area contributed by atoms with Crippen LogP contribution in [0.5, 0.6) is 0 Å². The van der Waals surface area contributed by atoms with Gasteiger partial charge in [-0.25, -0.2) is 9.37 Å². The van der Waals surface area contributed by atoms with Gasteiger partial charge >= 0.3 is 0 Å². The minimum atomic E-state index is -0.340. The van der Waals surface area contributed by atoms with Crippen LogP contribution in [0.4, 0.5) is 15.9 Å². The monoisotopic (exact) mass is 314 g/mol. The third-order valence-electron chi connectivity index (χ3n) is 4.03. The van der Waals surface area contributed by atoms with Gasteiger partial charge in [0.05, 0.1) is 5.56 Å². The zero-order chi connectivity index (χ0) is 16.2. The number of hydrogen-bond donors (Lipinski definition) is 2. The van der Waals surface area contributed by atoms with Crippen molar-refractivity contribution < 1.29 is 9.18 Å². The molecule has 0 aliphatic carbocycles. The summed E-state index contributed by atoms with van der Waals surface area (Å²) in [5.41, 5.74) is 1.04. The lowest BCUT2D eigenvalue weighted by Gasteiger charge is -2.24. The highest BCUT2D eigenvalue weighted by Crippen LogP contribution is 2.21. The number of benzene rings is 1. The minimum absolute atomic E-state index is 0.0919. The molecule has 0 spiro atoms. The Balaban J connectivity index is 1.83. The molecule has 0 unspecified atom stereocenters. The van der Waals surface area contributed by atoms with Crippen LogP contribution in [0.3, 0.4) is 0 Å². The molecule has 1 atom stereocenters. The fourth-order valence-electron chi connectivity index (χ4n) is 2.71. The first kappa shape index (κ1) is 15.4. The second-order valence-electron chi connectivity index (χ2n) is 5.60. The first-order valence-electron chi connectivity index (χ1n) is 7.60. The minimum Gasteiger partial charge on any atom is -0.339 e. The quantitative estimate of drug-likeness (QED) is 0.910. The van der Waals surface area contributed by atoms with Crippen molar-refractivity contribution in [3.05, 3.63) is 54.0 Å². The predicted octanol–water partition coefficient (Wildman–Crippen LogP) is 2.40. The maximum Gasteiger partial charge on any atom is 0.257 e. The standard InChI is InChI=1S/C17H19FN4O/c1-22(14-7-9-19-11-14)17(23)15-6-3-8-20-16(15)21-13-5-2-4-12(18)10-13/h2-6,8,10,14,19H,7,9,11H2,1H3,(H,20,21)/t14-/m1/s1. The molecule has 1 aliphatic rings. The summed E-state index contributed by atoms with van der Waals surface area (Å²) in [7, 11) is 1.80. The summed E-state index contributed by atoms with van der Waals surface area (Å²) in [4.78, 5) is 18.7. The van der Waals surface area contributed by atoms with E-state index in [1.165, 1.54) is 12.1 Å². The number of rotatable bonds is 4. The Labute approximate surface area is 134 Å². The number of anilines is 2. The van der Waals surface area contributed by atoms with Gasteiger partial charge in [-0.05, 0) is 43.3 Å². The number of carbonyl (C=O) groups excluding carboxylic acids is 1. The number of likely N-dealkylation sites (N-methyl/N-ethyl adjacent to an activating group) is 1. The van der Waals surface area contributed by atoms with E-state index >= 15 is 0 Å². The van der Waals surface area contributed by atoms with Crippen molar-refractivity contribution in [2.24, 2.45) is 0 Å². The van der Waals surface area contributed by atoms with E-state index in [9.17, 15) is 9.18 Å². The smallest absolute Gasteiger partial charge is 0.257 e. The SMILES string of the molecule is CN(C(=O)c1cccnc1Nc1cccc(F)c1)[C@@H]1CCNC1. The number of hydrogen-bond acceptors (Lipinski definition) is 4. The molecule has 1 aliphatic heterocycles. The Morgan fingerprint density at radius 3 is 3.00 bits per heavy atom. The Kier molecular flexibility index (Phi) is 4.52. The van der Waals surface area contributed by atoms with Crippen molar-refractivity contribution in [1.29, 1.82) is 0 Å². The number of nitrogens with zero attached hydrogens (tertiary/aromatic N) is 2. The highest BCUT2D eigenvalue weighted by molar-refractivity contribution is 5.99. The van der Waals surface area contributed by atoms with E-state index in [4.69, 9.17) is 0 Å². The number of halogens is 1. The Hall–Kier alpha value is -2.47. The van der Waals surface area contributed by atoms with Crippen LogP contribution in [0.1, 0.15) is 16.8 Å². The van der Waals surface area contributed by atoms with Gasteiger partial charge in [0.25, 0.3) is 5.91 Å². The maximum atomic E-state index is 13.3. The normalized spacial score (nSPS) is 17.0. The van der Waals surface area contributed by atoms with E-state index < -0.39 is 0 Å². The maximum absolute atomic E-state index is 13.3. The highest BCUT2D eigenvalue weighted by Gasteiger charge is 2.25. The summed E-state index contributed by atoms with van der Waals surface area (Å²) in [5, 5.41) is 6.28. The Morgan fingerprint density at radius 2 is 2.26 bits per heavy atom. The van der Waals surface area contributed by atoms with Crippen molar-refractivity contribution in [2.45, 2.75) is 12.5 Å². The van der Waals surface area contributed by atoms with E-state index in [1.807, 2.05) is 0 Å². The number of nitrogens with one attached hydrogen (secondary N) is 2. The highest BCUT2D eigenvalue weighted by atomic mass is 19.1. The molecule has 3 rings (SSSR count). The first-order valence-corrected chi connectivity index (χ1v) is 7.60. The van der Waals surface area contributed by atoms with Crippen molar-refractivity contribution in [3.8, 4) is 0 Å². The summed E-state index contributed by atoms with van der Waals surface area (Å²) in [6.45, 7) is 1.72. The van der Waals surface area contributed by atoms with E-state index in [2.05, 4.69) is 15.6 Å². The van der Waals surface area contributed by atoms with Crippen LogP contribution in [-0.4, -0.2) is 42.0 Å². The Bertz CT molecular complexity index is 700. The van der Waals surface area contributed by atoms with E-state index in [1.54, 1.807) is 42.4 Å². The lowest BCUT2D eigenvalue weighted by molar-refractivity contribution is 0.0744. The summed E-state index contributed by atoms with van der Waals surface area (Å²) >= 11 is 0. The third-order valence-corrected chi connectivity index (χ3v) is 4.03. The molecule has 6 heteroatoms. The molecule has 2 aromatic rings. The zero-order valence-electron chi connectivity index (χ0n) is 12.9. The fraction of sp³-hybridized carbons (Fsp3) is 0.294. The Morgan fingerprint density at radius 1 is 1.39 bits per heavy atom. The third kappa shape index (κ3) is 3.48. The van der Waals surface area contributed by atoms with Gasteiger partial charge in [0, 0.05) is 31.5 Å². The average Bonchev–Trinajstić information content (AvgIpc) is 3.08. The van der Waals surface area contributed by atoms with Crippen LogP contribution in [0.15, 0.2) is 42.6 Å². The van der Waals surface area contributed by atoms with Crippen LogP contribution < -0.4 is 10.6 Å². The van der Waals surface area contributed by atoms with Gasteiger partial charge in [-0.2, -0.15) is 0 Å². The molecule has 0 saturated carbocycles. The molecular formula is C17H19FN4O. The van der Waals surface area contributed by atoms with Crippen LogP contribution >= 0.6 is 0 Å². The van der Waals surface area contributed by atoms with Gasteiger partial charge in [-0.1, -0.05) is 6.07 Å². The topological polar surface area (TPSA) is 57.3 Å². The molecular weight excluding hydrogens is 295 g/mol. The molecule has 1 aromatic carbocycles. The largest absolute Gasteiger partial charge is 0.339 e. The molecule has 1 aromatic heterocycles. The summed E-state index contributed by atoms with van der Waals surface area (Å²) < 4.78 is 13.3. The van der Waals surface area contributed by atoms with Crippen LogP contribution in [0, 0.1) is 5.82 Å². The van der Waals surface area contributed by atoms with Crippen molar-refractivity contribution in [1.82, 2.24) is 15.2 Å². The second kappa shape index (κ2) is 6.75. The number of amides is 1. The van der Waals surface area contributed by atoms with Gasteiger partial charge in [0.2, 0.25) is 0 Å². The molecule has 1 saturated heterocycles. The molecule has 120 valence electrons. The van der Waals surface area contributed by atoms with Gasteiger partial charge < -0.3 is 15.5 Å². The van der Waals surface area contributed by atoms with Gasteiger partial charge in [-0.3, -0.25) is 4.79 Å². The number of aromatic nitrogens is 1. The van der Waals surface area contributed by atoms with Gasteiger partial charge in [-0.15, -0.1) is 0 Å². The summed E-state index contributed by atoms with van der Waals surface area (Å²) in [5.74, 6) is -0.000403. The number of pyridine rings is 1. The van der Waals surface area contributed by atoms with Crippen molar-refractivity contribution >= 4 is 17.4 Å². The van der Waals surface area contributed by atoms with Gasteiger partial charge in [0.1, 0.15) is 11.6 Å². The predicted molar refractivity (Wildman–Crippen MR) is 87.3 cm³/mol. The van der Waals surface area contributed by atoms with E-state index in [0.29, 0.717) is 17.1 Å². The molecule has 1 amide bonds. The van der Waals surface area contributed by atoms with E-state index in [0.717, 1.165) is 19.5 Å². The van der Waals surface area contributed by atoms with Crippen LogP contribution in [0.2, 0.25) is 0 Å². The average molecular weight is 314 g/mol. The fourth-order valence-corrected chi connectivity index (χ4v) is 2.71. The molecule has 1 fully saturated rings. The lowest BCUT2D eigenvalue weighted by Crippen LogP contribution is -2.38. The summed E-state index contributed by atoms with van der Waals surface area (Å²) in [6.07, 6.45) is 2.55. The van der Waals surface area contributed by atoms with Gasteiger partial charge in [0.15, 0.2) is 0 Å². The van der Waals surface area contributed by atoms with Crippen LogP contribution in [0.25, 0.3) is 0 Å². The molecule has 2 heterocycles. The number of carbonyl (C=O) groups is 1. The summed E-state index contributed by atoms with van der Waals surface area (Å²) in [6, 6.07) is 9.73. The zero-order valence-corrected chi connectivity index (χ0v) is 12.9. The lowest BCUT2D eigenvalue weighted by atomic mass is 10.1. The molecule has 2 N–H and O–H groups in total. The molecule has 23 heavy (non-hydrogen) atoms. The second-order valence-corrected chi connectivity index (χ2v) is 5.60. The van der Waals surface area contributed by atoms with Crippen LogP contribution in [-0.2, 0) is 0 Å². The first-order chi connectivity index (χ1) is 11.1. The van der Waals surface area contributed by atoms with Crippen molar-refractivity contribution in [2.75, 3.05) is 25.5 Å².